The van der Waals surface area contributed by atoms with Crippen molar-refractivity contribution in [2.75, 3.05) is 6.61 Å². The Bertz CT molecular complexity index is 801. The molecule has 0 heterocycles. The first-order valence-electron chi connectivity index (χ1n) is 13.2. The van der Waals surface area contributed by atoms with Gasteiger partial charge in [0.1, 0.15) is 16.3 Å². The Labute approximate surface area is 215 Å². The van der Waals surface area contributed by atoms with Gasteiger partial charge < -0.3 is 9.47 Å². The van der Waals surface area contributed by atoms with Gasteiger partial charge in [-0.05, 0) is 47.7 Å². The molecule has 34 heavy (non-hydrogen) atoms. The summed E-state index contributed by atoms with van der Waals surface area (Å²) in [5, 5.41) is 0. The Morgan fingerprint density at radius 1 is 0.735 bits per heavy atom. The molecule has 0 aliphatic heterocycles. The zero-order valence-electron chi connectivity index (χ0n) is 21.4. The van der Waals surface area contributed by atoms with Crippen molar-refractivity contribution in [1.29, 1.82) is 0 Å². The SMILES string of the molecule is CCCCCCCCCCCCOc1ccc(-c2ccc(OC(=O)C(Br)C(C)CC)cc2)cc1. The topological polar surface area (TPSA) is 35.5 Å². The van der Waals surface area contributed by atoms with Crippen molar-refractivity contribution in [3.8, 4) is 22.6 Å². The van der Waals surface area contributed by atoms with Crippen molar-refractivity contribution < 1.29 is 14.3 Å². The summed E-state index contributed by atoms with van der Waals surface area (Å²) in [5.74, 6) is 1.47. The van der Waals surface area contributed by atoms with Crippen molar-refractivity contribution in [1.82, 2.24) is 0 Å². The lowest BCUT2D eigenvalue weighted by Crippen LogP contribution is -2.26. The molecule has 0 aliphatic rings. The van der Waals surface area contributed by atoms with Gasteiger partial charge >= 0.3 is 5.97 Å². The van der Waals surface area contributed by atoms with E-state index in [4.69, 9.17) is 9.47 Å². The lowest BCUT2D eigenvalue weighted by Gasteiger charge is -2.15. The Balaban J connectivity index is 1.67. The molecule has 0 saturated heterocycles. The van der Waals surface area contributed by atoms with Crippen molar-refractivity contribution in [3.63, 3.8) is 0 Å². The summed E-state index contributed by atoms with van der Waals surface area (Å²) in [5.41, 5.74) is 2.19. The second-order valence-corrected chi connectivity index (χ2v) is 10.3. The molecule has 2 rings (SSSR count). The van der Waals surface area contributed by atoms with Crippen LogP contribution in [0.1, 0.15) is 91.4 Å². The van der Waals surface area contributed by atoms with Gasteiger partial charge in [-0.1, -0.05) is 125 Å². The molecule has 0 saturated carbocycles. The lowest BCUT2D eigenvalue weighted by atomic mass is 10.1. The maximum atomic E-state index is 12.2. The summed E-state index contributed by atoms with van der Waals surface area (Å²) in [6.07, 6.45) is 14.2. The molecule has 3 nitrogen and oxygen atoms in total. The summed E-state index contributed by atoms with van der Waals surface area (Å²) in [6.45, 7) is 7.15. The number of halogens is 1. The van der Waals surface area contributed by atoms with Crippen LogP contribution in [0.2, 0.25) is 0 Å². The predicted octanol–water partition coefficient (Wildman–Crippen LogP) is 9.37. The van der Waals surface area contributed by atoms with Gasteiger partial charge in [-0.25, -0.2) is 0 Å². The van der Waals surface area contributed by atoms with E-state index in [2.05, 4.69) is 41.9 Å². The molecule has 0 bridgehead atoms. The number of hydrogen-bond donors (Lipinski definition) is 0. The van der Waals surface area contributed by atoms with Gasteiger partial charge in [0, 0.05) is 0 Å². The van der Waals surface area contributed by atoms with E-state index in [1.807, 2.05) is 43.3 Å². The Kier molecular flexibility index (Phi) is 14.0. The summed E-state index contributed by atoms with van der Waals surface area (Å²) >= 11 is 3.44. The van der Waals surface area contributed by atoms with Gasteiger partial charge in [-0.15, -0.1) is 0 Å². The lowest BCUT2D eigenvalue weighted by molar-refractivity contribution is -0.134. The number of carbonyl (C=O) groups excluding carboxylic acids is 1. The van der Waals surface area contributed by atoms with Gasteiger partial charge in [0.05, 0.1) is 6.61 Å². The fourth-order valence-electron chi connectivity index (χ4n) is 3.85. The summed E-state index contributed by atoms with van der Waals surface area (Å²) < 4.78 is 11.4. The Hall–Kier alpha value is -1.81. The first-order valence-corrected chi connectivity index (χ1v) is 14.2. The molecule has 4 heteroatoms. The minimum absolute atomic E-state index is 0.234. The highest BCUT2D eigenvalue weighted by molar-refractivity contribution is 9.10. The number of rotatable bonds is 17. The zero-order chi connectivity index (χ0) is 24.6. The number of ether oxygens (including phenoxy) is 2. The van der Waals surface area contributed by atoms with Crippen LogP contribution in [0.3, 0.4) is 0 Å². The van der Waals surface area contributed by atoms with Gasteiger partial charge in [-0.3, -0.25) is 4.79 Å². The van der Waals surface area contributed by atoms with Crippen LogP contribution in [0.4, 0.5) is 0 Å². The molecule has 188 valence electrons. The predicted molar refractivity (Wildman–Crippen MR) is 147 cm³/mol. The summed E-state index contributed by atoms with van der Waals surface area (Å²) in [7, 11) is 0. The zero-order valence-corrected chi connectivity index (χ0v) is 22.9. The average Bonchev–Trinajstić information content (AvgIpc) is 2.87. The Morgan fingerprint density at radius 3 is 1.71 bits per heavy atom. The molecule has 0 spiro atoms. The number of hydrogen-bond acceptors (Lipinski definition) is 3. The molecule has 2 aromatic rings. The second-order valence-electron chi connectivity index (χ2n) is 9.29. The maximum absolute atomic E-state index is 12.2. The summed E-state index contributed by atoms with van der Waals surface area (Å²) in [6, 6.07) is 15.9. The third-order valence-electron chi connectivity index (χ3n) is 6.40. The number of benzene rings is 2. The highest BCUT2D eigenvalue weighted by atomic mass is 79.9. The van der Waals surface area contributed by atoms with E-state index in [0.29, 0.717) is 5.75 Å². The molecule has 2 aromatic carbocycles. The van der Waals surface area contributed by atoms with Crippen LogP contribution in [0.15, 0.2) is 48.5 Å². The molecule has 0 N–H and O–H groups in total. The number of alkyl halides is 1. The van der Waals surface area contributed by atoms with Crippen LogP contribution >= 0.6 is 15.9 Å². The van der Waals surface area contributed by atoms with E-state index in [1.165, 1.54) is 57.8 Å². The van der Waals surface area contributed by atoms with Crippen molar-refractivity contribution in [2.24, 2.45) is 5.92 Å². The van der Waals surface area contributed by atoms with Crippen LogP contribution in [-0.2, 0) is 4.79 Å². The number of unbranched alkanes of at least 4 members (excludes halogenated alkanes) is 9. The van der Waals surface area contributed by atoms with Crippen LogP contribution in [0.25, 0.3) is 11.1 Å². The fraction of sp³-hybridized carbons (Fsp3) is 0.567. The normalized spacial score (nSPS) is 12.8. The van der Waals surface area contributed by atoms with Crippen molar-refractivity contribution in [2.45, 2.75) is 96.2 Å². The number of carbonyl (C=O) groups is 1. The van der Waals surface area contributed by atoms with Crippen LogP contribution in [0.5, 0.6) is 11.5 Å². The number of esters is 1. The molecular formula is C30H43BrO3. The standard InChI is InChI=1S/C30H43BrO3/c1-4-6-7-8-9-10-11-12-13-14-23-33-27-19-15-25(16-20-27)26-17-21-28(22-18-26)34-30(32)29(31)24(3)5-2/h15-22,24,29H,4-14,23H2,1-3H3. The fourth-order valence-corrected chi connectivity index (χ4v) is 4.32. The molecular weight excluding hydrogens is 488 g/mol. The molecule has 0 aliphatic carbocycles. The molecule has 0 aromatic heterocycles. The summed E-state index contributed by atoms with van der Waals surface area (Å²) in [4.78, 5) is 12.0. The maximum Gasteiger partial charge on any atom is 0.325 e. The van der Waals surface area contributed by atoms with Gasteiger partial charge in [0.2, 0.25) is 0 Å². The second kappa shape index (κ2) is 16.8. The highest BCUT2D eigenvalue weighted by Gasteiger charge is 2.22. The van der Waals surface area contributed by atoms with E-state index in [-0.39, 0.29) is 16.7 Å². The molecule has 0 amide bonds. The third-order valence-corrected chi connectivity index (χ3v) is 7.67. The smallest absolute Gasteiger partial charge is 0.325 e. The first-order chi connectivity index (χ1) is 16.5. The van der Waals surface area contributed by atoms with Crippen LogP contribution < -0.4 is 9.47 Å². The third kappa shape index (κ3) is 10.6. The highest BCUT2D eigenvalue weighted by Crippen LogP contribution is 2.26. The van der Waals surface area contributed by atoms with E-state index in [0.717, 1.165) is 36.3 Å². The van der Waals surface area contributed by atoms with E-state index in [1.54, 1.807) is 0 Å². The molecule has 2 unspecified atom stereocenters. The monoisotopic (exact) mass is 530 g/mol. The van der Waals surface area contributed by atoms with Crippen molar-refractivity contribution >= 4 is 21.9 Å². The van der Waals surface area contributed by atoms with Crippen LogP contribution in [0, 0.1) is 5.92 Å². The Morgan fingerprint density at radius 2 is 1.21 bits per heavy atom. The van der Waals surface area contributed by atoms with E-state index in [9.17, 15) is 4.79 Å². The minimum atomic E-state index is -0.287. The molecule has 0 fully saturated rings. The molecule has 0 radical (unpaired) electrons. The van der Waals surface area contributed by atoms with Gasteiger partial charge in [0.25, 0.3) is 0 Å². The average molecular weight is 532 g/mol. The first kappa shape index (κ1) is 28.4. The van der Waals surface area contributed by atoms with Gasteiger partial charge in [-0.2, -0.15) is 0 Å². The van der Waals surface area contributed by atoms with Crippen molar-refractivity contribution in [3.05, 3.63) is 48.5 Å². The quantitative estimate of drug-likeness (QED) is 0.0883. The van der Waals surface area contributed by atoms with Gasteiger partial charge in [0.15, 0.2) is 0 Å². The largest absolute Gasteiger partial charge is 0.494 e. The van der Waals surface area contributed by atoms with E-state index >= 15 is 0 Å². The van der Waals surface area contributed by atoms with Crippen LogP contribution in [-0.4, -0.2) is 17.4 Å². The molecule has 2 atom stereocenters. The minimum Gasteiger partial charge on any atom is -0.494 e. The van der Waals surface area contributed by atoms with E-state index < -0.39 is 0 Å².